The molecule has 56 valence electrons. The van der Waals surface area contributed by atoms with Gasteiger partial charge in [0.05, 0.1) is 25.4 Å². The molecule has 0 spiro atoms. The first kappa shape index (κ1) is 9.42. The summed E-state index contributed by atoms with van der Waals surface area (Å²) < 4.78 is 4.89. The smallest absolute Gasteiger partial charge is 0.0965 e. The van der Waals surface area contributed by atoms with E-state index in [9.17, 15) is 0 Å². The van der Waals surface area contributed by atoms with Crippen LogP contribution < -0.4 is 0 Å². The van der Waals surface area contributed by atoms with Gasteiger partial charge in [0.1, 0.15) is 0 Å². The van der Waals surface area contributed by atoms with Crippen LogP contribution in [0, 0.1) is 22.7 Å². The van der Waals surface area contributed by atoms with Gasteiger partial charge in [-0.3, -0.25) is 0 Å². The summed E-state index contributed by atoms with van der Waals surface area (Å²) in [4.78, 5) is 0. The minimum Gasteiger partial charge on any atom is -0.371 e. The quantitative estimate of drug-likeness (QED) is 0.562. The maximum atomic E-state index is 8.24. The van der Waals surface area contributed by atoms with E-state index < -0.39 is 0 Å². The number of hydrogen-bond acceptors (Lipinski definition) is 3. The Balaban J connectivity index is 3.46. The van der Waals surface area contributed by atoms with Crippen LogP contribution in [0.15, 0.2) is 24.3 Å². The molecule has 0 saturated heterocycles. The lowest BCUT2D eigenvalue weighted by Gasteiger charge is -1.98. The largest absolute Gasteiger partial charge is 0.371 e. The van der Waals surface area contributed by atoms with Crippen molar-refractivity contribution < 1.29 is 4.74 Å². The Morgan fingerprint density at radius 2 is 1.45 bits per heavy atom. The maximum Gasteiger partial charge on any atom is 0.0965 e. The monoisotopic (exact) mass is 148 g/mol. The topological polar surface area (TPSA) is 56.8 Å². The normalized spacial score (nSPS) is 7.82. The van der Waals surface area contributed by atoms with Crippen molar-refractivity contribution in [1.82, 2.24) is 0 Å². The van der Waals surface area contributed by atoms with Crippen LogP contribution in [0.25, 0.3) is 0 Å². The zero-order valence-corrected chi connectivity index (χ0v) is 6.13. The number of nitriles is 2. The van der Waals surface area contributed by atoms with Crippen LogP contribution in [0.5, 0.6) is 0 Å². The lowest BCUT2D eigenvalue weighted by molar-refractivity contribution is 0.185. The van der Waals surface area contributed by atoms with Crippen LogP contribution in [0.1, 0.15) is 0 Å². The van der Waals surface area contributed by atoms with Gasteiger partial charge < -0.3 is 4.74 Å². The van der Waals surface area contributed by atoms with Gasteiger partial charge in [-0.05, 0) is 0 Å². The molecule has 0 aromatic carbocycles. The lowest BCUT2D eigenvalue weighted by Crippen LogP contribution is -1.98. The first-order valence-corrected chi connectivity index (χ1v) is 2.94. The van der Waals surface area contributed by atoms with Crippen molar-refractivity contribution in [3.8, 4) is 12.1 Å². The zero-order valence-electron chi connectivity index (χ0n) is 6.13. The molecule has 0 heterocycles. The molecule has 0 radical (unpaired) electrons. The molecule has 0 atom stereocenters. The van der Waals surface area contributed by atoms with Crippen molar-refractivity contribution in [2.24, 2.45) is 0 Å². The first-order chi connectivity index (χ1) is 5.20. The summed E-state index contributed by atoms with van der Waals surface area (Å²) in [6, 6.07) is 3.65. The minimum absolute atomic E-state index is 0.164. The van der Waals surface area contributed by atoms with E-state index in [1.54, 1.807) is 0 Å². The molecule has 0 amide bonds. The second-order valence-corrected chi connectivity index (χ2v) is 1.92. The average Bonchev–Trinajstić information content (AvgIpc) is 2.04. The maximum absolute atomic E-state index is 8.24. The highest BCUT2D eigenvalue weighted by Gasteiger charge is 1.93. The lowest BCUT2D eigenvalue weighted by atomic mass is 10.3. The van der Waals surface area contributed by atoms with Crippen molar-refractivity contribution in [1.29, 1.82) is 10.5 Å². The van der Waals surface area contributed by atoms with Crippen molar-refractivity contribution in [3.05, 3.63) is 24.3 Å². The van der Waals surface area contributed by atoms with Gasteiger partial charge in [0.25, 0.3) is 0 Å². The SMILES string of the molecule is C=C(C#N)COCC(=C)C#N. The second-order valence-electron chi connectivity index (χ2n) is 1.92. The fraction of sp³-hybridized carbons (Fsp3) is 0.250. The molecule has 0 unspecified atom stereocenters. The highest BCUT2D eigenvalue weighted by atomic mass is 16.5. The summed E-state index contributed by atoms with van der Waals surface area (Å²) in [5, 5.41) is 16.5. The van der Waals surface area contributed by atoms with E-state index in [-0.39, 0.29) is 13.2 Å². The number of rotatable bonds is 4. The summed E-state index contributed by atoms with van der Waals surface area (Å²) >= 11 is 0. The summed E-state index contributed by atoms with van der Waals surface area (Å²) in [5.41, 5.74) is 0.687. The van der Waals surface area contributed by atoms with Crippen molar-refractivity contribution in [3.63, 3.8) is 0 Å². The van der Waals surface area contributed by atoms with Gasteiger partial charge >= 0.3 is 0 Å². The van der Waals surface area contributed by atoms with Gasteiger partial charge in [0.2, 0.25) is 0 Å². The first-order valence-electron chi connectivity index (χ1n) is 2.94. The molecule has 0 fully saturated rings. The highest BCUT2D eigenvalue weighted by Crippen LogP contribution is 1.92. The fourth-order valence-corrected chi connectivity index (χ4v) is 0.362. The van der Waals surface area contributed by atoms with Gasteiger partial charge in [-0.15, -0.1) is 0 Å². The Kier molecular flexibility index (Phi) is 4.47. The molecular weight excluding hydrogens is 140 g/mol. The third-order valence-electron chi connectivity index (χ3n) is 0.869. The molecule has 0 rings (SSSR count). The van der Waals surface area contributed by atoms with Crippen LogP contribution in [-0.4, -0.2) is 13.2 Å². The molecule has 0 N–H and O–H groups in total. The Bertz CT molecular complexity index is 216. The molecule has 11 heavy (non-hydrogen) atoms. The van der Waals surface area contributed by atoms with Crippen LogP contribution in [0.4, 0.5) is 0 Å². The average molecular weight is 148 g/mol. The zero-order chi connectivity index (χ0) is 8.69. The third-order valence-corrected chi connectivity index (χ3v) is 0.869. The summed E-state index contributed by atoms with van der Waals surface area (Å²) in [7, 11) is 0. The molecule has 0 aliphatic rings. The highest BCUT2D eigenvalue weighted by molar-refractivity contribution is 5.18. The van der Waals surface area contributed by atoms with E-state index in [0.29, 0.717) is 11.1 Å². The minimum atomic E-state index is 0.164. The number of ether oxygens (including phenoxy) is 1. The Labute approximate surface area is 65.8 Å². The van der Waals surface area contributed by atoms with Crippen LogP contribution in [-0.2, 0) is 4.74 Å². The van der Waals surface area contributed by atoms with Crippen LogP contribution in [0.2, 0.25) is 0 Å². The molecule has 0 aliphatic heterocycles. The van der Waals surface area contributed by atoms with E-state index in [1.807, 2.05) is 12.1 Å². The predicted octanol–water partition coefficient (Wildman–Crippen LogP) is 1.16. The van der Waals surface area contributed by atoms with Crippen molar-refractivity contribution in [2.45, 2.75) is 0 Å². The number of hydrogen-bond donors (Lipinski definition) is 0. The van der Waals surface area contributed by atoms with Gasteiger partial charge in [0, 0.05) is 11.1 Å². The molecule has 3 heteroatoms. The van der Waals surface area contributed by atoms with E-state index in [1.165, 1.54) is 0 Å². The Morgan fingerprint density at radius 3 is 1.73 bits per heavy atom. The second kappa shape index (κ2) is 5.22. The Morgan fingerprint density at radius 1 is 1.09 bits per heavy atom. The van der Waals surface area contributed by atoms with Crippen LogP contribution in [0.3, 0.4) is 0 Å². The molecule has 0 aromatic heterocycles. The van der Waals surface area contributed by atoms with Gasteiger partial charge in [-0.2, -0.15) is 10.5 Å². The third kappa shape index (κ3) is 4.90. The summed E-state index contributed by atoms with van der Waals surface area (Å²) in [5.74, 6) is 0. The van der Waals surface area contributed by atoms with Gasteiger partial charge in [0.15, 0.2) is 0 Å². The molecule has 0 aromatic rings. The predicted molar refractivity (Wildman–Crippen MR) is 40.3 cm³/mol. The van der Waals surface area contributed by atoms with Gasteiger partial charge in [-0.1, -0.05) is 13.2 Å². The van der Waals surface area contributed by atoms with E-state index >= 15 is 0 Å². The molecule has 0 bridgehead atoms. The molecular formula is C8H8N2O. The molecule has 0 saturated carbocycles. The molecule has 0 aliphatic carbocycles. The summed E-state index contributed by atoms with van der Waals surface area (Å²) in [6.45, 7) is 7.12. The van der Waals surface area contributed by atoms with Crippen molar-refractivity contribution in [2.75, 3.05) is 13.2 Å². The van der Waals surface area contributed by atoms with E-state index in [2.05, 4.69) is 13.2 Å². The van der Waals surface area contributed by atoms with Crippen LogP contribution >= 0.6 is 0 Å². The number of nitrogens with zero attached hydrogens (tertiary/aromatic N) is 2. The van der Waals surface area contributed by atoms with E-state index in [4.69, 9.17) is 15.3 Å². The van der Waals surface area contributed by atoms with Crippen molar-refractivity contribution >= 4 is 0 Å². The van der Waals surface area contributed by atoms with Gasteiger partial charge in [-0.25, -0.2) is 0 Å². The fourth-order valence-electron chi connectivity index (χ4n) is 0.362. The van der Waals surface area contributed by atoms with E-state index in [0.717, 1.165) is 0 Å². The standard InChI is InChI=1S/C8H8N2O/c1-7(3-9)5-11-6-8(2)4-10/h1-2,5-6H2. The summed E-state index contributed by atoms with van der Waals surface area (Å²) in [6.07, 6.45) is 0. The Hall–Kier alpha value is -1.58. The molecule has 3 nitrogen and oxygen atoms in total.